The van der Waals surface area contributed by atoms with Crippen molar-refractivity contribution >= 4 is 11.8 Å². The molecule has 0 unspecified atom stereocenters. The Morgan fingerprint density at radius 3 is 2.52 bits per heavy atom. The van der Waals surface area contributed by atoms with Gasteiger partial charge >= 0.3 is 0 Å². The Kier molecular flexibility index (Phi) is 3.95. The lowest BCUT2D eigenvalue weighted by atomic mass is 9.96. The molecule has 0 saturated carbocycles. The van der Waals surface area contributed by atoms with Gasteiger partial charge in [-0.1, -0.05) is 26.0 Å². The van der Waals surface area contributed by atoms with Crippen LogP contribution in [0.25, 0.3) is 16.6 Å². The predicted molar refractivity (Wildman–Crippen MR) is 93.6 cm³/mol. The van der Waals surface area contributed by atoms with Crippen LogP contribution in [0.2, 0.25) is 0 Å². The molecule has 0 saturated heterocycles. The Labute approximate surface area is 136 Å². The second-order valence-corrected chi connectivity index (χ2v) is 6.18. The molecule has 0 aliphatic rings. The van der Waals surface area contributed by atoms with Gasteiger partial charge in [0.05, 0.1) is 12.8 Å². The van der Waals surface area contributed by atoms with Gasteiger partial charge in [-0.15, -0.1) is 0 Å². The standard InChI is InChI=1S/C20H21NO2/c1-13(2)15-6-8-20(23-4)18(9-15)17-10-16-7-5-14(3)11-21(16)19(17)12-22/h5-13H,1-4H3. The lowest BCUT2D eigenvalue weighted by molar-refractivity contribution is 0.111. The highest BCUT2D eigenvalue weighted by atomic mass is 16.5. The Bertz CT molecular complexity index is 875. The Hall–Kier alpha value is -2.55. The van der Waals surface area contributed by atoms with E-state index in [1.54, 1.807) is 7.11 Å². The summed E-state index contributed by atoms with van der Waals surface area (Å²) in [6.45, 7) is 6.34. The number of benzene rings is 1. The zero-order valence-electron chi connectivity index (χ0n) is 14.0. The summed E-state index contributed by atoms with van der Waals surface area (Å²) in [7, 11) is 1.66. The predicted octanol–water partition coefficient (Wildman–Crippen LogP) is 4.86. The number of aromatic nitrogens is 1. The number of carbonyl (C=O) groups excluding carboxylic acids is 1. The van der Waals surface area contributed by atoms with Gasteiger partial charge in [0.25, 0.3) is 0 Å². The summed E-state index contributed by atoms with van der Waals surface area (Å²) in [5, 5.41) is 0. The third-order valence-corrected chi connectivity index (χ3v) is 4.25. The fraction of sp³-hybridized carbons (Fsp3) is 0.250. The van der Waals surface area contributed by atoms with Gasteiger partial charge in [0, 0.05) is 22.8 Å². The van der Waals surface area contributed by atoms with Crippen LogP contribution in [0.5, 0.6) is 5.75 Å². The topological polar surface area (TPSA) is 30.7 Å². The first-order valence-electron chi connectivity index (χ1n) is 7.80. The summed E-state index contributed by atoms with van der Waals surface area (Å²) >= 11 is 0. The van der Waals surface area contributed by atoms with Crippen molar-refractivity contribution in [1.82, 2.24) is 4.40 Å². The average molecular weight is 307 g/mol. The summed E-state index contributed by atoms with van der Waals surface area (Å²) in [5.41, 5.74) is 5.87. The minimum Gasteiger partial charge on any atom is -0.496 e. The molecule has 0 aliphatic heterocycles. The van der Waals surface area contributed by atoms with Crippen molar-refractivity contribution in [3.05, 3.63) is 59.4 Å². The maximum atomic E-state index is 11.7. The van der Waals surface area contributed by atoms with Crippen LogP contribution in [0.1, 0.15) is 41.4 Å². The van der Waals surface area contributed by atoms with E-state index in [0.29, 0.717) is 11.6 Å². The number of aldehydes is 1. The first kappa shape index (κ1) is 15.3. The van der Waals surface area contributed by atoms with Gasteiger partial charge in [0.1, 0.15) is 5.75 Å². The zero-order chi connectivity index (χ0) is 16.6. The van der Waals surface area contributed by atoms with Gasteiger partial charge in [0.2, 0.25) is 0 Å². The maximum Gasteiger partial charge on any atom is 0.167 e. The van der Waals surface area contributed by atoms with Crippen LogP contribution in [-0.4, -0.2) is 17.8 Å². The molecule has 3 heteroatoms. The number of nitrogens with zero attached hydrogens (tertiary/aromatic N) is 1. The molecule has 0 amide bonds. The summed E-state index contributed by atoms with van der Waals surface area (Å²) in [6.07, 6.45) is 2.91. The third kappa shape index (κ3) is 2.63. The maximum absolute atomic E-state index is 11.7. The number of carbonyl (C=O) groups is 1. The summed E-state index contributed by atoms with van der Waals surface area (Å²) in [4.78, 5) is 11.7. The van der Waals surface area contributed by atoms with E-state index in [1.165, 1.54) is 5.56 Å². The molecule has 3 rings (SSSR count). The molecular formula is C20H21NO2. The van der Waals surface area contributed by atoms with Crippen molar-refractivity contribution in [3.8, 4) is 16.9 Å². The van der Waals surface area contributed by atoms with Crippen LogP contribution in [0.3, 0.4) is 0 Å². The van der Waals surface area contributed by atoms with Crippen LogP contribution in [0.4, 0.5) is 0 Å². The molecule has 2 heterocycles. The highest BCUT2D eigenvalue weighted by Gasteiger charge is 2.16. The van der Waals surface area contributed by atoms with Crippen molar-refractivity contribution in [2.45, 2.75) is 26.7 Å². The van der Waals surface area contributed by atoms with Gasteiger partial charge < -0.3 is 9.14 Å². The largest absolute Gasteiger partial charge is 0.496 e. The fourth-order valence-corrected chi connectivity index (χ4v) is 2.93. The van der Waals surface area contributed by atoms with Crippen LogP contribution in [-0.2, 0) is 0 Å². The number of ether oxygens (including phenoxy) is 1. The van der Waals surface area contributed by atoms with E-state index in [4.69, 9.17) is 4.74 Å². The second kappa shape index (κ2) is 5.92. The quantitative estimate of drug-likeness (QED) is 0.644. The molecule has 1 aromatic carbocycles. The van der Waals surface area contributed by atoms with Crippen LogP contribution in [0.15, 0.2) is 42.6 Å². The van der Waals surface area contributed by atoms with Crippen molar-refractivity contribution in [3.63, 3.8) is 0 Å². The van der Waals surface area contributed by atoms with E-state index in [0.717, 1.165) is 34.2 Å². The van der Waals surface area contributed by atoms with Crippen molar-refractivity contribution < 1.29 is 9.53 Å². The van der Waals surface area contributed by atoms with Crippen molar-refractivity contribution in [2.24, 2.45) is 0 Å². The molecule has 0 N–H and O–H groups in total. The SMILES string of the molecule is COc1ccc(C(C)C)cc1-c1cc2ccc(C)cn2c1C=O. The Balaban J connectivity index is 2.31. The van der Waals surface area contributed by atoms with E-state index >= 15 is 0 Å². The minimum absolute atomic E-state index is 0.415. The first-order valence-corrected chi connectivity index (χ1v) is 7.80. The minimum atomic E-state index is 0.415. The van der Waals surface area contributed by atoms with Gasteiger partial charge in [-0.25, -0.2) is 0 Å². The molecule has 0 aliphatic carbocycles. The highest BCUT2D eigenvalue weighted by molar-refractivity contribution is 5.91. The van der Waals surface area contributed by atoms with Crippen molar-refractivity contribution in [1.29, 1.82) is 0 Å². The lowest BCUT2D eigenvalue weighted by Crippen LogP contribution is -1.96. The van der Waals surface area contributed by atoms with Crippen molar-refractivity contribution in [2.75, 3.05) is 7.11 Å². The lowest BCUT2D eigenvalue weighted by Gasteiger charge is -2.12. The number of pyridine rings is 1. The molecule has 118 valence electrons. The molecule has 3 nitrogen and oxygen atoms in total. The van der Waals surface area contributed by atoms with Gasteiger partial charge in [-0.05, 0) is 48.2 Å². The van der Waals surface area contributed by atoms with E-state index in [9.17, 15) is 4.79 Å². The summed E-state index contributed by atoms with van der Waals surface area (Å²) in [6, 6.07) is 12.3. The first-order chi connectivity index (χ1) is 11.0. The number of aryl methyl sites for hydroxylation is 1. The van der Waals surface area contributed by atoms with E-state index < -0.39 is 0 Å². The van der Waals surface area contributed by atoms with E-state index in [1.807, 2.05) is 35.7 Å². The van der Waals surface area contributed by atoms with E-state index in [2.05, 4.69) is 32.0 Å². The third-order valence-electron chi connectivity index (χ3n) is 4.25. The molecule has 0 fully saturated rings. The highest BCUT2D eigenvalue weighted by Crippen LogP contribution is 2.36. The smallest absolute Gasteiger partial charge is 0.167 e. The molecule has 0 bridgehead atoms. The van der Waals surface area contributed by atoms with Gasteiger partial charge in [0.15, 0.2) is 6.29 Å². The van der Waals surface area contributed by atoms with Crippen LogP contribution < -0.4 is 4.74 Å². The molecule has 0 radical (unpaired) electrons. The average Bonchev–Trinajstić information content (AvgIpc) is 2.91. The van der Waals surface area contributed by atoms with E-state index in [-0.39, 0.29) is 0 Å². The number of hydrogen-bond donors (Lipinski definition) is 0. The molecule has 3 aromatic rings. The summed E-state index contributed by atoms with van der Waals surface area (Å²) in [5.74, 6) is 1.20. The zero-order valence-corrected chi connectivity index (χ0v) is 14.0. The molecule has 2 aromatic heterocycles. The summed E-state index contributed by atoms with van der Waals surface area (Å²) < 4.78 is 7.47. The molecular weight excluding hydrogens is 286 g/mol. The van der Waals surface area contributed by atoms with Crippen LogP contribution >= 0.6 is 0 Å². The molecule has 0 spiro atoms. The molecule has 23 heavy (non-hydrogen) atoms. The normalized spacial score (nSPS) is 11.2. The van der Waals surface area contributed by atoms with Crippen LogP contribution in [0, 0.1) is 6.92 Å². The van der Waals surface area contributed by atoms with Gasteiger partial charge in [-0.3, -0.25) is 4.79 Å². The number of fused-ring (bicyclic) bond motifs is 1. The second-order valence-electron chi connectivity index (χ2n) is 6.18. The molecule has 0 atom stereocenters. The number of hydrogen-bond acceptors (Lipinski definition) is 2. The fourth-order valence-electron chi connectivity index (χ4n) is 2.93. The monoisotopic (exact) mass is 307 g/mol. The number of rotatable bonds is 4. The van der Waals surface area contributed by atoms with Gasteiger partial charge in [-0.2, -0.15) is 0 Å². The Morgan fingerprint density at radius 1 is 1.09 bits per heavy atom. The number of methoxy groups -OCH3 is 1. The Morgan fingerprint density at radius 2 is 1.87 bits per heavy atom.